The van der Waals surface area contributed by atoms with Crippen molar-refractivity contribution in [3.05, 3.63) is 0 Å². The van der Waals surface area contributed by atoms with Gasteiger partial charge in [-0.3, -0.25) is 0 Å². The second-order valence-electron chi connectivity index (χ2n) is 4.86. The molecule has 1 aliphatic rings. The number of hydrogen-bond acceptors (Lipinski definition) is 3. The molecule has 90 valence electrons. The Labute approximate surface area is 93.6 Å². The molecule has 1 heterocycles. The molecule has 2 unspecified atom stereocenters. The van der Waals surface area contributed by atoms with E-state index in [4.69, 9.17) is 0 Å². The summed E-state index contributed by atoms with van der Waals surface area (Å²) in [5.41, 5.74) is 0. The minimum Gasteiger partial charge on any atom is -0.315 e. The van der Waals surface area contributed by atoms with Crippen LogP contribution in [0.3, 0.4) is 0 Å². The van der Waals surface area contributed by atoms with Gasteiger partial charge in [0.1, 0.15) is 0 Å². The van der Waals surface area contributed by atoms with E-state index in [2.05, 4.69) is 5.32 Å². The lowest BCUT2D eigenvalue weighted by Gasteiger charge is -2.23. The zero-order chi connectivity index (χ0) is 11.5. The maximum absolute atomic E-state index is 12.2. The van der Waals surface area contributed by atoms with Gasteiger partial charge >= 0.3 is 0 Å². The molecule has 0 saturated carbocycles. The summed E-state index contributed by atoms with van der Waals surface area (Å²) in [5.74, 6) is 0.207. The maximum Gasteiger partial charge on any atom is 0.157 e. The topological polar surface area (TPSA) is 46.2 Å². The van der Waals surface area contributed by atoms with Crippen molar-refractivity contribution >= 4 is 9.84 Å². The number of hydrogen-bond donors (Lipinski definition) is 1. The Kier molecular flexibility index (Phi) is 4.59. The Morgan fingerprint density at radius 3 is 2.47 bits per heavy atom. The standard InChI is InChI=1S/C11H23NO2S/c1-9(2)10(3)15(13,14)11-6-4-5-7-12-8-11/h9-12H,4-8H2,1-3H3. The van der Waals surface area contributed by atoms with Crippen molar-refractivity contribution in [2.75, 3.05) is 13.1 Å². The van der Waals surface area contributed by atoms with Crippen LogP contribution < -0.4 is 5.32 Å². The van der Waals surface area contributed by atoms with E-state index in [0.717, 1.165) is 25.8 Å². The van der Waals surface area contributed by atoms with E-state index in [0.29, 0.717) is 6.54 Å². The molecule has 2 atom stereocenters. The fraction of sp³-hybridized carbons (Fsp3) is 1.00. The van der Waals surface area contributed by atoms with Gasteiger partial charge in [0.15, 0.2) is 9.84 Å². The highest BCUT2D eigenvalue weighted by Crippen LogP contribution is 2.21. The van der Waals surface area contributed by atoms with Gasteiger partial charge in [-0.1, -0.05) is 20.3 Å². The molecule has 0 aliphatic carbocycles. The van der Waals surface area contributed by atoms with Crippen LogP contribution in [-0.2, 0) is 9.84 Å². The van der Waals surface area contributed by atoms with Crippen LogP contribution in [0.2, 0.25) is 0 Å². The monoisotopic (exact) mass is 233 g/mol. The highest BCUT2D eigenvalue weighted by atomic mass is 32.2. The summed E-state index contributed by atoms with van der Waals surface area (Å²) in [5, 5.41) is 2.83. The molecular weight excluding hydrogens is 210 g/mol. The predicted molar refractivity (Wildman–Crippen MR) is 63.7 cm³/mol. The summed E-state index contributed by atoms with van der Waals surface area (Å²) in [4.78, 5) is 0. The molecule has 0 bridgehead atoms. The van der Waals surface area contributed by atoms with Gasteiger partial charge in [0.2, 0.25) is 0 Å². The molecule has 0 aromatic carbocycles. The van der Waals surface area contributed by atoms with Crippen LogP contribution in [0.1, 0.15) is 40.0 Å². The molecule has 3 nitrogen and oxygen atoms in total. The quantitative estimate of drug-likeness (QED) is 0.805. The first-order valence-corrected chi connectivity index (χ1v) is 7.50. The first-order valence-electron chi connectivity index (χ1n) is 5.89. The smallest absolute Gasteiger partial charge is 0.157 e. The van der Waals surface area contributed by atoms with E-state index in [1.165, 1.54) is 0 Å². The minimum absolute atomic E-state index is 0.169. The first-order chi connectivity index (χ1) is 6.96. The average Bonchev–Trinajstić information content (AvgIpc) is 2.44. The van der Waals surface area contributed by atoms with Gasteiger partial charge in [0, 0.05) is 6.54 Å². The third kappa shape index (κ3) is 3.18. The molecule has 0 amide bonds. The molecule has 1 aliphatic heterocycles. The second kappa shape index (κ2) is 5.30. The van der Waals surface area contributed by atoms with E-state index < -0.39 is 9.84 Å². The zero-order valence-electron chi connectivity index (χ0n) is 9.99. The van der Waals surface area contributed by atoms with Gasteiger partial charge in [0.25, 0.3) is 0 Å². The van der Waals surface area contributed by atoms with Gasteiger partial charge in [-0.2, -0.15) is 0 Å². The molecule has 4 heteroatoms. The third-order valence-electron chi connectivity index (χ3n) is 3.42. The van der Waals surface area contributed by atoms with Gasteiger partial charge in [-0.15, -0.1) is 0 Å². The normalized spacial score (nSPS) is 26.3. The molecule has 0 aromatic heterocycles. The Morgan fingerprint density at radius 1 is 1.20 bits per heavy atom. The van der Waals surface area contributed by atoms with Gasteiger partial charge < -0.3 is 5.32 Å². The van der Waals surface area contributed by atoms with E-state index in [9.17, 15) is 8.42 Å². The van der Waals surface area contributed by atoms with Gasteiger partial charge in [0.05, 0.1) is 10.5 Å². The van der Waals surface area contributed by atoms with Crippen LogP contribution in [0.4, 0.5) is 0 Å². The van der Waals surface area contributed by atoms with Crippen molar-refractivity contribution in [2.24, 2.45) is 5.92 Å². The summed E-state index contributed by atoms with van der Waals surface area (Å²) < 4.78 is 24.5. The van der Waals surface area contributed by atoms with E-state index in [-0.39, 0.29) is 16.4 Å². The highest BCUT2D eigenvalue weighted by Gasteiger charge is 2.32. The fourth-order valence-corrected chi connectivity index (χ4v) is 4.16. The van der Waals surface area contributed by atoms with Crippen molar-refractivity contribution in [2.45, 2.75) is 50.5 Å². The van der Waals surface area contributed by atoms with Crippen molar-refractivity contribution in [1.82, 2.24) is 5.32 Å². The summed E-state index contributed by atoms with van der Waals surface area (Å²) in [6.07, 6.45) is 2.95. The lowest BCUT2D eigenvalue weighted by atomic mass is 10.2. The molecule has 1 N–H and O–H groups in total. The molecule has 0 aromatic rings. The van der Waals surface area contributed by atoms with Gasteiger partial charge in [-0.05, 0) is 32.2 Å². The van der Waals surface area contributed by atoms with Crippen molar-refractivity contribution in [3.63, 3.8) is 0 Å². The third-order valence-corrected chi connectivity index (χ3v) is 6.34. The molecule has 0 spiro atoms. The summed E-state index contributed by atoms with van der Waals surface area (Å²) in [6.45, 7) is 7.39. The van der Waals surface area contributed by atoms with Crippen molar-refractivity contribution < 1.29 is 8.42 Å². The number of sulfone groups is 1. The van der Waals surface area contributed by atoms with E-state index >= 15 is 0 Å². The highest BCUT2D eigenvalue weighted by molar-refractivity contribution is 7.92. The van der Waals surface area contributed by atoms with Crippen LogP contribution in [-0.4, -0.2) is 32.0 Å². The van der Waals surface area contributed by atoms with Crippen LogP contribution in [0.25, 0.3) is 0 Å². The fourth-order valence-electron chi connectivity index (χ4n) is 1.95. The molecule has 0 radical (unpaired) electrons. The van der Waals surface area contributed by atoms with Crippen LogP contribution in [0, 0.1) is 5.92 Å². The van der Waals surface area contributed by atoms with Crippen LogP contribution in [0.15, 0.2) is 0 Å². The Bertz CT molecular complexity index is 277. The molecular formula is C11H23NO2S. The van der Waals surface area contributed by atoms with Crippen molar-refractivity contribution in [1.29, 1.82) is 0 Å². The summed E-state index contributed by atoms with van der Waals surface area (Å²) >= 11 is 0. The van der Waals surface area contributed by atoms with E-state index in [1.807, 2.05) is 20.8 Å². The van der Waals surface area contributed by atoms with E-state index in [1.54, 1.807) is 0 Å². The molecule has 1 saturated heterocycles. The van der Waals surface area contributed by atoms with Crippen LogP contribution >= 0.6 is 0 Å². The predicted octanol–water partition coefficient (Wildman–Crippen LogP) is 1.59. The number of rotatable bonds is 3. The maximum atomic E-state index is 12.2. The largest absolute Gasteiger partial charge is 0.315 e. The Balaban J connectivity index is 2.75. The summed E-state index contributed by atoms with van der Waals surface area (Å²) in [7, 11) is -2.95. The molecule has 1 rings (SSSR count). The number of nitrogens with one attached hydrogen (secondary N) is 1. The minimum atomic E-state index is -2.95. The zero-order valence-corrected chi connectivity index (χ0v) is 10.8. The molecule has 1 fully saturated rings. The van der Waals surface area contributed by atoms with Gasteiger partial charge in [-0.25, -0.2) is 8.42 Å². The summed E-state index contributed by atoms with van der Waals surface area (Å²) in [6, 6.07) is 0. The first kappa shape index (κ1) is 13.0. The lowest BCUT2D eigenvalue weighted by molar-refractivity contribution is 0.524. The lowest BCUT2D eigenvalue weighted by Crippen LogP contribution is -2.38. The Hall–Kier alpha value is -0.0900. The second-order valence-corrected chi connectivity index (χ2v) is 7.45. The average molecular weight is 233 g/mol. The SMILES string of the molecule is CC(C)C(C)S(=O)(=O)C1CCCCNC1. The molecule has 15 heavy (non-hydrogen) atoms. The van der Waals surface area contributed by atoms with Crippen molar-refractivity contribution in [3.8, 4) is 0 Å². The Morgan fingerprint density at radius 2 is 1.87 bits per heavy atom. The van der Waals surface area contributed by atoms with Crippen LogP contribution in [0.5, 0.6) is 0 Å².